The number of ether oxygens (including phenoxy) is 1. The Morgan fingerprint density at radius 2 is 1.64 bits per heavy atom. The molecule has 1 N–H and O–H groups in total. The third-order valence-corrected chi connectivity index (χ3v) is 5.85. The highest BCUT2D eigenvalue weighted by Crippen LogP contribution is 2.25. The van der Waals surface area contributed by atoms with Gasteiger partial charge in [0, 0.05) is 6.04 Å². The first-order chi connectivity index (χ1) is 11.9. The van der Waals surface area contributed by atoms with E-state index in [0.717, 1.165) is 27.6 Å². The summed E-state index contributed by atoms with van der Waals surface area (Å²) in [6.07, 6.45) is 0. The fourth-order valence-electron chi connectivity index (χ4n) is 2.93. The Bertz CT molecular complexity index is 1010. The molecule has 130 valence electrons. The predicted molar refractivity (Wildman–Crippen MR) is 100 cm³/mol. The molecule has 0 aromatic heterocycles. The molecule has 25 heavy (non-hydrogen) atoms. The first kappa shape index (κ1) is 17.5. The van der Waals surface area contributed by atoms with Gasteiger partial charge in [-0.2, -0.15) is 0 Å². The van der Waals surface area contributed by atoms with Crippen molar-refractivity contribution in [1.82, 2.24) is 4.72 Å². The van der Waals surface area contributed by atoms with Crippen molar-refractivity contribution in [3.05, 3.63) is 71.8 Å². The molecule has 0 amide bonds. The molecule has 3 aromatic rings. The summed E-state index contributed by atoms with van der Waals surface area (Å²) >= 11 is 0. The molecular formula is C20H21NO3S. The number of hydrogen-bond donors (Lipinski definition) is 1. The normalized spacial score (nSPS) is 12.9. The van der Waals surface area contributed by atoms with E-state index in [9.17, 15) is 8.42 Å². The number of benzene rings is 3. The molecule has 0 spiro atoms. The predicted octanol–water partition coefficient (Wildman–Crippen LogP) is 4.20. The van der Waals surface area contributed by atoms with Crippen molar-refractivity contribution in [3.8, 4) is 5.75 Å². The minimum absolute atomic E-state index is 0.255. The van der Waals surface area contributed by atoms with E-state index in [0.29, 0.717) is 0 Å². The van der Waals surface area contributed by atoms with Gasteiger partial charge in [0.15, 0.2) is 0 Å². The van der Waals surface area contributed by atoms with E-state index in [2.05, 4.69) is 4.72 Å². The SMILES string of the molecule is COc1ccc2cc(S(=O)(=O)N[C@@H](C)c3ccccc3C)ccc2c1. The molecule has 0 saturated heterocycles. The van der Waals surface area contributed by atoms with Gasteiger partial charge >= 0.3 is 0 Å². The van der Waals surface area contributed by atoms with Crippen LogP contribution in [-0.2, 0) is 10.0 Å². The number of hydrogen-bond acceptors (Lipinski definition) is 3. The van der Waals surface area contributed by atoms with Crippen molar-refractivity contribution in [1.29, 1.82) is 0 Å². The van der Waals surface area contributed by atoms with Gasteiger partial charge in [0.25, 0.3) is 0 Å². The van der Waals surface area contributed by atoms with E-state index >= 15 is 0 Å². The van der Waals surface area contributed by atoms with Crippen molar-refractivity contribution in [2.24, 2.45) is 0 Å². The van der Waals surface area contributed by atoms with Crippen LogP contribution in [0.2, 0.25) is 0 Å². The Hall–Kier alpha value is -2.37. The average Bonchev–Trinajstić information content (AvgIpc) is 2.60. The van der Waals surface area contributed by atoms with Gasteiger partial charge in [0.2, 0.25) is 10.0 Å². The van der Waals surface area contributed by atoms with Crippen LogP contribution in [0.3, 0.4) is 0 Å². The molecule has 0 unspecified atom stereocenters. The minimum atomic E-state index is -3.61. The molecule has 0 radical (unpaired) electrons. The van der Waals surface area contributed by atoms with E-state index in [-0.39, 0.29) is 10.9 Å². The third kappa shape index (κ3) is 3.67. The zero-order chi connectivity index (χ0) is 18.0. The molecule has 0 aliphatic rings. The molecule has 0 saturated carbocycles. The van der Waals surface area contributed by atoms with Crippen molar-refractivity contribution < 1.29 is 13.2 Å². The molecule has 5 heteroatoms. The number of nitrogens with one attached hydrogen (secondary N) is 1. The Kier molecular flexibility index (Phi) is 4.79. The lowest BCUT2D eigenvalue weighted by atomic mass is 10.0. The van der Waals surface area contributed by atoms with Gasteiger partial charge in [0.05, 0.1) is 12.0 Å². The molecule has 0 fully saturated rings. The van der Waals surface area contributed by atoms with Crippen molar-refractivity contribution in [3.63, 3.8) is 0 Å². The van der Waals surface area contributed by atoms with Gasteiger partial charge in [0.1, 0.15) is 5.75 Å². The summed E-state index contributed by atoms with van der Waals surface area (Å²) in [6, 6.07) is 18.1. The number of fused-ring (bicyclic) bond motifs is 1. The van der Waals surface area contributed by atoms with E-state index in [1.54, 1.807) is 25.3 Å². The molecule has 3 rings (SSSR count). The maximum absolute atomic E-state index is 12.8. The van der Waals surface area contributed by atoms with E-state index in [1.165, 1.54) is 0 Å². The maximum atomic E-state index is 12.8. The number of methoxy groups -OCH3 is 1. The Balaban J connectivity index is 1.91. The molecule has 4 nitrogen and oxygen atoms in total. The van der Waals surface area contributed by atoms with Gasteiger partial charge < -0.3 is 4.74 Å². The summed E-state index contributed by atoms with van der Waals surface area (Å²) < 4.78 is 33.5. The summed E-state index contributed by atoms with van der Waals surface area (Å²) in [5.74, 6) is 0.745. The van der Waals surface area contributed by atoms with Crippen LogP contribution in [-0.4, -0.2) is 15.5 Å². The van der Waals surface area contributed by atoms with Crippen LogP contribution in [0.25, 0.3) is 10.8 Å². The molecule has 3 aromatic carbocycles. The molecule has 0 heterocycles. The highest BCUT2D eigenvalue weighted by atomic mass is 32.2. The van der Waals surface area contributed by atoms with Gasteiger partial charge in [-0.15, -0.1) is 0 Å². The van der Waals surface area contributed by atoms with Gasteiger partial charge in [-0.1, -0.05) is 36.4 Å². The molecule has 0 aliphatic heterocycles. The molecule has 0 bridgehead atoms. The van der Waals surface area contributed by atoms with E-state index < -0.39 is 10.0 Å². The molecule has 1 atom stereocenters. The highest BCUT2D eigenvalue weighted by molar-refractivity contribution is 7.89. The van der Waals surface area contributed by atoms with Crippen molar-refractivity contribution >= 4 is 20.8 Å². The largest absolute Gasteiger partial charge is 0.497 e. The summed E-state index contributed by atoms with van der Waals surface area (Å²) in [5.41, 5.74) is 2.03. The summed E-state index contributed by atoms with van der Waals surface area (Å²) in [4.78, 5) is 0.255. The number of rotatable bonds is 5. The van der Waals surface area contributed by atoms with Crippen LogP contribution in [0, 0.1) is 6.92 Å². The van der Waals surface area contributed by atoms with Crippen LogP contribution in [0.1, 0.15) is 24.1 Å². The van der Waals surface area contributed by atoms with Crippen LogP contribution in [0.15, 0.2) is 65.6 Å². The van der Waals surface area contributed by atoms with E-state index in [1.807, 2.05) is 56.3 Å². The third-order valence-electron chi connectivity index (χ3n) is 4.32. The second kappa shape index (κ2) is 6.86. The van der Waals surface area contributed by atoms with Gasteiger partial charge in [-0.05, 0) is 60.0 Å². The fraction of sp³-hybridized carbons (Fsp3) is 0.200. The summed E-state index contributed by atoms with van der Waals surface area (Å²) in [6.45, 7) is 3.83. The van der Waals surface area contributed by atoms with Crippen LogP contribution < -0.4 is 9.46 Å². The average molecular weight is 355 g/mol. The second-order valence-corrected chi connectivity index (χ2v) is 7.79. The fourth-order valence-corrected chi connectivity index (χ4v) is 4.19. The lowest BCUT2D eigenvalue weighted by molar-refractivity contribution is 0.415. The van der Waals surface area contributed by atoms with E-state index in [4.69, 9.17) is 4.74 Å². The number of aryl methyl sites for hydroxylation is 1. The van der Waals surface area contributed by atoms with Crippen LogP contribution in [0.4, 0.5) is 0 Å². The lowest BCUT2D eigenvalue weighted by Crippen LogP contribution is -2.27. The zero-order valence-electron chi connectivity index (χ0n) is 14.5. The van der Waals surface area contributed by atoms with Crippen LogP contribution >= 0.6 is 0 Å². The number of sulfonamides is 1. The first-order valence-corrected chi connectivity index (χ1v) is 9.55. The minimum Gasteiger partial charge on any atom is -0.497 e. The van der Waals surface area contributed by atoms with Crippen molar-refractivity contribution in [2.45, 2.75) is 24.8 Å². The summed E-state index contributed by atoms with van der Waals surface area (Å²) in [5, 5.41) is 1.79. The molecular weight excluding hydrogens is 334 g/mol. The first-order valence-electron chi connectivity index (χ1n) is 8.06. The Morgan fingerprint density at radius 1 is 0.960 bits per heavy atom. The van der Waals surface area contributed by atoms with Crippen LogP contribution in [0.5, 0.6) is 5.75 Å². The van der Waals surface area contributed by atoms with Gasteiger partial charge in [-0.3, -0.25) is 0 Å². The highest BCUT2D eigenvalue weighted by Gasteiger charge is 2.19. The maximum Gasteiger partial charge on any atom is 0.241 e. The smallest absolute Gasteiger partial charge is 0.241 e. The standard InChI is InChI=1S/C20H21NO3S/c1-14-6-4-5-7-20(14)15(2)21-25(22,23)19-11-9-16-12-18(24-3)10-8-17(16)13-19/h4-13,15,21H,1-3H3/t15-/m0/s1. The summed E-state index contributed by atoms with van der Waals surface area (Å²) in [7, 11) is -2.00. The molecule has 0 aliphatic carbocycles. The quantitative estimate of drug-likeness (QED) is 0.746. The second-order valence-electron chi connectivity index (χ2n) is 6.07. The zero-order valence-corrected chi connectivity index (χ0v) is 15.3. The lowest BCUT2D eigenvalue weighted by Gasteiger charge is -2.17. The monoisotopic (exact) mass is 355 g/mol. The topological polar surface area (TPSA) is 55.4 Å². The Labute approximate surface area is 148 Å². The van der Waals surface area contributed by atoms with Crippen molar-refractivity contribution in [2.75, 3.05) is 7.11 Å². The Morgan fingerprint density at radius 3 is 2.36 bits per heavy atom. The van der Waals surface area contributed by atoms with Gasteiger partial charge in [-0.25, -0.2) is 13.1 Å².